The summed E-state index contributed by atoms with van der Waals surface area (Å²) < 4.78 is 0. The summed E-state index contributed by atoms with van der Waals surface area (Å²) in [5.41, 5.74) is 2.37. The Kier molecular flexibility index (Phi) is 6.34. The number of hydrogen-bond donors (Lipinski definition) is 1. The standard InChI is InChI=1S/C27H36N2O2/c30-19-25-26(22-14-12-21(13-15-22)11-10-20-6-1-2-7-20)24-18-28(16-3-4-17-29(24)25)27(31)23-8-5-9-23/h12-15,20,23-26,30H,1-9,16-19H2/t24-,25+,26-/m0/s1. The third-order valence-electron chi connectivity index (χ3n) is 8.21. The molecule has 0 aromatic heterocycles. The van der Waals surface area contributed by atoms with Gasteiger partial charge >= 0.3 is 0 Å². The lowest BCUT2D eigenvalue weighted by atomic mass is 9.74. The van der Waals surface area contributed by atoms with Crippen molar-refractivity contribution in [2.24, 2.45) is 11.8 Å². The van der Waals surface area contributed by atoms with E-state index in [9.17, 15) is 9.90 Å². The van der Waals surface area contributed by atoms with Gasteiger partial charge < -0.3 is 10.0 Å². The summed E-state index contributed by atoms with van der Waals surface area (Å²) >= 11 is 0. The number of aliphatic hydroxyl groups excluding tert-OH is 1. The molecule has 4 heteroatoms. The van der Waals surface area contributed by atoms with Crippen molar-refractivity contribution in [3.63, 3.8) is 0 Å². The molecule has 1 N–H and O–H groups in total. The maximum Gasteiger partial charge on any atom is 0.225 e. The van der Waals surface area contributed by atoms with E-state index in [4.69, 9.17) is 0 Å². The van der Waals surface area contributed by atoms with E-state index in [1.807, 2.05) is 0 Å². The highest BCUT2D eigenvalue weighted by Crippen LogP contribution is 2.42. The first-order valence-electron chi connectivity index (χ1n) is 12.5. The summed E-state index contributed by atoms with van der Waals surface area (Å²) in [7, 11) is 0. The molecule has 1 aromatic carbocycles. The van der Waals surface area contributed by atoms with Gasteiger partial charge in [-0.05, 0) is 62.8 Å². The first-order valence-corrected chi connectivity index (χ1v) is 12.5. The van der Waals surface area contributed by atoms with E-state index >= 15 is 0 Å². The number of fused-ring (bicyclic) bond motifs is 1. The maximum absolute atomic E-state index is 13.0. The quantitative estimate of drug-likeness (QED) is 0.757. The van der Waals surface area contributed by atoms with Gasteiger partial charge in [0.25, 0.3) is 0 Å². The zero-order valence-electron chi connectivity index (χ0n) is 18.6. The molecule has 0 spiro atoms. The Bertz CT molecular complexity index is 829. The largest absolute Gasteiger partial charge is 0.395 e. The van der Waals surface area contributed by atoms with Crippen molar-refractivity contribution in [3.05, 3.63) is 35.4 Å². The predicted octanol–water partition coefficient (Wildman–Crippen LogP) is 3.78. The van der Waals surface area contributed by atoms with Crippen LogP contribution in [0.3, 0.4) is 0 Å². The van der Waals surface area contributed by atoms with E-state index < -0.39 is 0 Å². The first-order chi connectivity index (χ1) is 15.2. The van der Waals surface area contributed by atoms with Crippen molar-refractivity contribution in [2.45, 2.75) is 75.8 Å². The molecule has 5 rings (SSSR count). The number of hydrogen-bond acceptors (Lipinski definition) is 3. The molecule has 0 unspecified atom stereocenters. The van der Waals surface area contributed by atoms with Crippen molar-refractivity contribution in [1.29, 1.82) is 0 Å². The SMILES string of the molecule is O=C(C1CCC1)N1CCCCN2[C@H](CO)[C@@H](c3ccc(C#CC4CCCC4)cc3)[C@@H]2C1. The molecular formula is C27H36N2O2. The summed E-state index contributed by atoms with van der Waals surface area (Å²) in [6, 6.07) is 9.19. The van der Waals surface area contributed by atoms with Crippen LogP contribution < -0.4 is 0 Å². The van der Waals surface area contributed by atoms with Crippen LogP contribution in [0.4, 0.5) is 0 Å². The minimum atomic E-state index is 0.166. The van der Waals surface area contributed by atoms with E-state index in [1.165, 1.54) is 37.7 Å². The number of carbonyl (C=O) groups excluding carboxylic acids is 1. The molecule has 1 aromatic rings. The highest BCUT2D eigenvalue weighted by Gasteiger charge is 2.49. The molecule has 4 nitrogen and oxygen atoms in total. The van der Waals surface area contributed by atoms with Crippen molar-refractivity contribution in [3.8, 4) is 11.8 Å². The number of rotatable bonds is 3. The summed E-state index contributed by atoms with van der Waals surface area (Å²) in [6.45, 7) is 2.91. The number of benzene rings is 1. The van der Waals surface area contributed by atoms with E-state index in [0.29, 0.717) is 17.9 Å². The van der Waals surface area contributed by atoms with Gasteiger partial charge in [-0.3, -0.25) is 9.69 Å². The number of carbonyl (C=O) groups is 1. The second-order valence-corrected chi connectivity index (χ2v) is 10.1. The molecule has 2 aliphatic heterocycles. The van der Waals surface area contributed by atoms with Gasteiger partial charge in [-0.2, -0.15) is 0 Å². The monoisotopic (exact) mass is 420 g/mol. The van der Waals surface area contributed by atoms with Gasteiger partial charge in [-0.1, -0.05) is 43.2 Å². The lowest BCUT2D eigenvalue weighted by molar-refractivity contribution is -0.143. The Morgan fingerprint density at radius 2 is 1.71 bits per heavy atom. The van der Waals surface area contributed by atoms with E-state index in [2.05, 4.69) is 45.9 Å². The topological polar surface area (TPSA) is 43.8 Å². The minimum absolute atomic E-state index is 0.166. The second kappa shape index (κ2) is 9.35. The van der Waals surface area contributed by atoms with Crippen LogP contribution in [0.2, 0.25) is 0 Å². The number of nitrogens with zero attached hydrogens (tertiary/aromatic N) is 2. The normalized spacial score (nSPS) is 29.7. The van der Waals surface area contributed by atoms with Crippen LogP contribution in [-0.2, 0) is 4.79 Å². The average Bonchev–Trinajstić information content (AvgIpc) is 3.24. The van der Waals surface area contributed by atoms with Crippen molar-refractivity contribution in [2.75, 3.05) is 26.2 Å². The van der Waals surface area contributed by atoms with Crippen molar-refractivity contribution in [1.82, 2.24) is 9.80 Å². The fraction of sp³-hybridized carbons (Fsp3) is 0.667. The molecule has 2 saturated heterocycles. The van der Waals surface area contributed by atoms with E-state index in [0.717, 1.165) is 50.9 Å². The van der Waals surface area contributed by atoms with Gasteiger partial charge in [0.2, 0.25) is 5.91 Å². The van der Waals surface area contributed by atoms with Gasteiger partial charge in [0.1, 0.15) is 0 Å². The average molecular weight is 421 g/mol. The third kappa shape index (κ3) is 4.28. The Morgan fingerprint density at radius 1 is 0.968 bits per heavy atom. The first kappa shape index (κ1) is 21.0. The molecule has 3 atom stereocenters. The van der Waals surface area contributed by atoms with Crippen LogP contribution in [0.1, 0.15) is 74.8 Å². The highest BCUT2D eigenvalue weighted by atomic mass is 16.3. The Balaban J connectivity index is 1.31. The van der Waals surface area contributed by atoms with E-state index in [1.54, 1.807) is 0 Å². The molecule has 31 heavy (non-hydrogen) atoms. The molecule has 0 radical (unpaired) electrons. The highest BCUT2D eigenvalue weighted by molar-refractivity contribution is 5.79. The van der Waals surface area contributed by atoms with Gasteiger partial charge in [0.15, 0.2) is 0 Å². The fourth-order valence-corrected chi connectivity index (χ4v) is 6.10. The fourth-order valence-electron chi connectivity index (χ4n) is 6.10. The van der Waals surface area contributed by atoms with Gasteiger partial charge in [-0.25, -0.2) is 0 Å². The van der Waals surface area contributed by atoms with Crippen LogP contribution >= 0.6 is 0 Å². The molecule has 2 aliphatic carbocycles. The summed E-state index contributed by atoms with van der Waals surface area (Å²) in [5.74, 6) is 8.32. The molecule has 0 bridgehead atoms. The van der Waals surface area contributed by atoms with Crippen molar-refractivity contribution < 1.29 is 9.90 Å². The molecule has 166 valence electrons. The van der Waals surface area contributed by atoms with Crippen LogP contribution in [0, 0.1) is 23.7 Å². The molecule has 4 aliphatic rings. The van der Waals surface area contributed by atoms with Crippen LogP contribution in [0.25, 0.3) is 0 Å². The molecule has 2 saturated carbocycles. The zero-order valence-corrected chi connectivity index (χ0v) is 18.6. The van der Waals surface area contributed by atoms with Crippen molar-refractivity contribution >= 4 is 5.91 Å². The van der Waals surface area contributed by atoms with Gasteiger partial charge in [-0.15, -0.1) is 0 Å². The summed E-state index contributed by atoms with van der Waals surface area (Å²) in [4.78, 5) is 17.6. The Hall–Kier alpha value is -1.83. The zero-order chi connectivity index (χ0) is 21.2. The predicted molar refractivity (Wildman–Crippen MR) is 123 cm³/mol. The Morgan fingerprint density at radius 3 is 2.39 bits per heavy atom. The molecule has 1 amide bonds. The smallest absolute Gasteiger partial charge is 0.225 e. The lowest BCUT2D eigenvalue weighted by Gasteiger charge is -2.57. The lowest BCUT2D eigenvalue weighted by Crippen LogP contribution is -2.68. The number of amides is 1. The maximum atomic E-state index is 13.0. The van der Waals surface area contributed by atoms with E-state index in [-0.39, 0.29) is 24.5 Å². The molecule has 2 heterocycles. The summed E-state index contributed by atoms with van der Waals surface area (Å²) in [5, 5.41) is 10.1. The van der Waals surface area contributed by atoms with Crippen LogP contribution in [-0.4, -0.2) is 59.1 Å². The van der Waals surface area contributed by atoms with Crippen LogP contribution in [0.5, 0.6) is 0 Å². The molecule has 4 fully saturated rings. The number of aliphatic hydroxyl groups is 1. The summed E-state index contributed by atoms with van der Waals surface area (Å²) in [6.07, 6.45) is 10.6. The molecular weight excluding hydrogens is 384 g/mol. The third-order valence-corrected chi connectivity index (χ3v) is 8.21. The minimum Gasteiger partial charge on any atom is -0.395 e. The van der Waals surface area contributed by atoms with Crippen LogP contribution in [0.15, 0.2) is 24.3 Å². The van der Waals surface area contributed by atoms with Gasteiger partial charge in [0.05, 0.1) is 6.61 Å². The second-order valence-electron chi connectivity index (χ2n) is 10.1. The Labute approximate surface area is 187 Å². The van der Waals surface area contributed by atoms with Gasteiger partial charge in [0, 0.05) is 48.5 Å².